The van der Waals surface area contributed by atoms with Gasteiger partial charge in [0.25, 0.3) is 0 Å². The Morgan fingerprint density at radius 1 is 1.29 bits per heavy atom. The molecule has 3 N–H and O–H groups in total. The van der Waals surface area contributed by atoms with Crippen LogP contribution in [0.3, 0.4) is 0 Å². The van der Waals surface area contributed by atoms with Gasteiger partial charge in [0.1, 0.15) is 13.2 Å². The molecule has 0 unspecified atom stereocenters. The summed E-state index contributed by atoms with van der Waals surface area (Å²) in [5.41, 5.74) is 0.597. The highest BCUT2D eigenvalue weighted by Gasteiger charge is 2.16. The zero-order valence-corrected chi connectivity index (χ0v) is 12.3. The maximum Gasteiger partial charge on any atom is 0.319 e. The van der Waals surface area contributed by atoms with Crippen molar-refractivity contribution in [3.8, 4) is 11.5 Å². The van der Waals surface area contributed by atoms with Crippen LogP contribution in [0.15, 0.2) is 17.0 Å². The molecule has 0 aromatic heterocycles. The zero-order chi connectivity index (χ0) is 15.2. The first-order valence-corrected chi connectivity index (χ1v) is 7.57. The van der Waals surface area contributed by atoms with Gasteiger partial charge < -0.3 is 25.2 Å². The van der Waals surface area contributed by atoms with Crippen molar-refractivity contribution < 1.29 is 24.2 Å². The highest BCUT2D eigenvalue weighted by Crippen LogP contribution is 2.39. The van der Waals surface area contributed by atoms with E-state index in [2.05, 4.69) is 10.6 Å². The average Bonchev–Trinajstić information content (AvgIpc) is 2.46. The fraction of sp³-hybridized carbons (Fsp3) is 0.385. The number of anilines is 1. The molecule has 21 heavy (non-hydrogen) atoms. The predicted octanol–water partition coefficient (Wildman–Crippen LogP) is 1.78. The second-order valence-corrected chi connectivity index (χ2v) is 5.07. The Hall–Kier alpha value is -2.09. The van der Waals surface area contributed by atoms with Gasteiger partial charge in [0.2, 0.25) is 0 Å². The minimum Gasteiger partial charge on any atom is -0.486 e. The van der Waals surface area contributed by atoms with Gasteiger partial charge in [0, 0.05) is 17.5 Å². The van der Waals surface area contributed by atoms with Gasteiger partial charge in [-0.3, -0.25) is 4.79 Å². The monoisotopic (exact) mass is 312 g/mol. The minimum atomic E-state index is -0.959. The molecule has 1 aromatic carbocycles. The number of carbonyl (C=O) groups excluding carboxylic acids is 1. The number of aliphatic carboxylic acids is 1. The van der Waals surface area contributed by atoms with Crippen molar-refractivity contribution in [2.75, 3.05) is 31.3 Å². The second kappa shape index (κ2) is 7.07. The fourth-order valence-electron chi connectivity index (χ4n) is 1.79. The van der Waals surface area contributed by atoms with Crippen LogP contribution in [0, 0.1) is 0 Å². The number of carboxylic acids is 1. The molecular formula is C13H16N2O5S. The lowest BCUT2D eigenvalue weighted by Gasteiger charge is -2.21. The van der Waals surface area contributed by atoms with E-state index in [1.54, 1.807) is 6.07 Å². The number of carboxylic acid groups (broad SMARTS) is 1. The molecule has 8 heteroatoms. The van der Waals surface area contributed by atoms with Crippen molar-refractivity contribution >= 4 is 29.4 Å². The van der Waals surface area contributed by atoms with Gasteiger partial charge in [-0.15, -0.1) is 11.8 Å². The molecule has 0 atom stereocenters. The number of amides is 2. The molecule has 1 aliphatic rings. The Bertz CT molecular complexity index is 550. The van der Waals surface area contributed by atoms with Gasteiger partial charge in [-0.2, -0.15) is 0 Å². The first-order valence-electron chi connectivity index (χ1n) is 6.34. The summed E-state index contributed by atoms with van der Waals surface area (Å²) in [5, 5.41) is 13.7. The third-order valence-electron chi connectivity index (χ3n) is 2.74. The molecule has 1 aromatic rings. The van der Waals surface area contributed by atoms with Crippen LogP contribution in [0.5, 0.6) is 11.5 Å². The lowest BCUT2D eigenvalue weighted by Crippen LogP contribution is -2.30. The molecule has 0 spiro atoms. The topological polar surface area (TPSA) is 96.9 Å². The van der Waals surface area contributed by atoms with E-state index in [-0.39, 0.29) is 13.0 Å². The van der Waals surface area contributed by atoms with Gasteiger partial charge in [-0.1, -0.05) is 0 Å². The van der Waals surface area contributed by atoms with E-state index in [1.807, 2.05) is 12.3 Å². The summed E-state index contributed by atoms with van der Waals surface area (Å²) in [6.45, 7) is 1.04. The molecule has 0 radical (unpaired) electrons. The maximum absolute atomic E-state index is 11.7. The van der Waals surface area contributed by atoms with E-state index in [9.17, 15) is 9.59 Å². The molecule has 0 aliphatic carbocycles. The number of thioether (sulfide) groups is 1. The third kappa shape index (κ3) is 4.19. The zero-order valence-electron chi connectivity index (χ0n) is 11.5. The summed E-state index contributed by atoms with van der Waals surface area (Å²) >= 11 is 1.47. The summed E-state index contributed by atoms with van der Waals surface area (Å²) in [7, 11) is 0. The molecule has 1 heterocycles. The highest BCUT2D eigenvalue weighted by molar-refractivity contribution is 7.98. The van der Waals surface area contributed by atoms with E-state index in [4.69, 9.17) is 14.6 Å². The quantitative estimate of drug-likeness (QED) is 0.717. The Morgan fingerprint density at radius 3 is 2.57 bits per heavy atom. The second-order valence-electron chi connectivity index (χ2n) is 4.22. The molecule has 1 aliphatic heterocycles. The normalized spacial score (nSPS) is 12.6. The van der Waals surface area contributed by atoms with E-state index in [0.29, 0.717) is 30.4 Å². The van der Waals surface area contributed by atoms with E-state index < -0.39 is 12.0 Å². The number of benzene rings is 1. The van der Waals surface area contributed by atoms with Gasteiger partial charge in [-0.05, 0) is 12.3 Å². The lowest BCUT2D eigenvalue weighted by atomic mass is 10.2. The average molecular weight is 312 g/mol. The van der Waals surface area contributed by atoms with Gasteiger partial charge in [0.05, 0.1) is 12.1 Å². The standard InChI is InChI=1S/C13H16N2O5S/c1-21-11-7-10-9(19-4-5-20-10)6-8(11)15-13(18)14-3-2-12(16)17/h6-7H,2-5H2,1H3,(H,16,17)(H2,14,15,18). The minimum absolute atomic E-state index is 0.0698. The number of urea groups is 1. The largest absolute Gasteiger partial charge is 0.486 e. The van der Waals surface area contributed by atoms with Crippen molar-refractivity contribution in [2.24, 2.45) is 0 Å². The number of carbonyl (C=O) groups is 2. The maximum atomic E-state index is 11.7. The van der Waals surface area contributed by atoms with Crippen molar-refractivity contribution in [3.63, 3.8) is 0 Å². The summed E-state index contributed by atoms with van der Waals surface area (Å²) in [6.07, 6.45) is 1.77. The summed E-state index contributed by atoms with van der Waals surface area (Å²) < 4.78 is 11.0. The lowest BCUT2D eigenvalue weighted by molar-refractivity contribution is -0.136. The number of fused-ring (bicyclic) bond motifs is 1. The molecular weight excluding hydrogens is 296 g/mol. The Kier molecular flexibility index (Phi) is 5.15. The molecule has 2 rings (SSSR count). The number of rotatable bonds is 5. The molecule has 0 bridgehead atoms. The Labute approximate surface area is 126 Å². The van der Waals surface area contributed by atoms with E-state index >= 15 is 0 Å². The predicted molar refractivity (Wildman–Crippen MR) is 78.5 cm³/mol. The van der Waals surface area contributed by atoms with Crippen molar-refractivity contribution in [1.82, 2.24) is 5.32 Å². The van der Waals surface area contributed by atoms with Gasteiger partial charge >= 0.3 is 12.0 Å². The van der Waals surface area contributed by atoms with Crippen LogP contribution in [0.2, 0.25) is 0 Å². The molecule has 0 saturated heterocycles. The van der Waals surface area contributed by atoms with Crippen LogP contribution >= 0.6 is 11.8 Å². The fourth-order valence-corrected chi connectivity index (χ4v) is 2.34. The van der Waals surface area contributed by atoms with Crippen LogP contribution in [-0.4, -0.2) is 43.1 Å². The molecule has 114 valence electrons. The first kappa shape index (κ1) is 15.3. The number of hydrogen-bond acceptors (Lipinski definition) is 5. The van der Waals surface area contributed by atoms with Gasteiger partial charge in [0.15, 0.2) is 11.5 Å². The molecule has 7 nitrogen and oxygen atoms in total. The van der Waals surface area contributed by atoms with Crippen molar-refractivity contribution in [2.45, 2.75) is 11.3 Å². The summed E-state index contributed by atoms with van der Waals surface area (Å²) in [6, 6.07) is 3.06. The number of ether oxygens (including phenoxy) is 2. The van der Waals surface area contributed by atoms with E-state index in [0.717, 1.165) is 4.90 Å². The van der Waals surface area contributed by atoms with Crippen LogP contribution in [0.4, 0.5) is 10.5 Å². The molecule has 0 fully saturated rings. The summed E-state index contributed by atoms with van der Waals surface area (Å²) in [5.74, 6) is 0.279. The molecule has 2 amide bonds. The SMILES string of the molecule is CSc1cc2c(cc1NC(=O)NCCC(=O)O)OCCO2. The number of nitrogens with one attached hydrogen (secondary N) is 2. The molecule has 0 saturated carbocycles. The van der Waals surface area contributed by atoms with Gasteiger partial charge in [-0.25, -0.2) is 4.79 Å². The third-order valence-corrected chi connectivity index (χ3v) is 3.51. The van der Waals surface area contributed by atoms with Crippen molar-refractivity contribution in [1.29, 1.82) is 0 Å². The van der Waals surface area contributed by atoms with Crippen LogP contribution in [-0.2, 0) is 4.79 Å². The van der Waals surface area contributed by atoms with Crippen LogP contribution in [0.25, 0.3) is 0 Å². The summed E-state index contributed by atoms with van der Waals surface area (Å²) in [4.78, 5) is 23.0. The van der Waals surface area contributed by atoms with Crippen LogP contribution in [0.1, 0.15) is 6.42 Å². The number of hydrogen-bond donors (Lipinski definition) is 3. The Balaban J connectivity index is 2.04. The Morgan fingerprint density at radius 2 is 1.95 bits per heavy atom. The first-order chi connectivity index (χ1) is 10.1. The van der Waals surface area contributed by atoms with Crippen molar-refractivity contribution in [3.05, 3.63) is 12.1 Å². The van der Waals surface area contributed by atoms with Crippen LogP contribution < -0.4 is 20.1 Å². The smallest absolute Gasteiger partial charge is 0.319 e. The highest BCUT2D eigenvalue weighted by atomic mass is 32.2. The van der Waals surface area contributed by atoms with E-state index in [1.165, 1.54) is 11.8 Å².